The molecule has 2 aromatic rings. The van der Waals surface area contributed by atoms with E-state index in [4.69, 9.17) is 22.1 Å². The highest BCUT2D eigenvalue weighted by Crippen LogP contribution is 2.37. The van der Waals surface area contributed by atoms with Gasteiger partial charge in [-0.1, -0.05) is 41.9 Å². The highest BCUT2D eigenvalue weighted by Gasteiger charge is 2.20. The normalized spacial score (nSPS) is 15.1. The van der Waals surface area contributed by atoms with Crippen molar-refractivity contribution in [3.8, 4) is 11.3 Å². The Kier molecular flexibility index (Phi) is 8.76. The molecular formula is C26H29ClN4O4. The summed E-state index contributed by atoms with van der Waals surface area (Å²) in [6, 6.07) is 7.80. The molecule has 0 bridgehead atoms. The lowest BCUT2D eigenvalue weighted by Gasteiger charge is -2.21. The predicted octanol–water partition coefficient (Wildman–Crippen LogP) is 3.86. The van der Waals surface area contributed by atoms with Crippen LogP contribution < -0.4 is 11.1 Å². The molecule has 1 aromatic heterocycles. The first kappa shape index (κ1) is 26.1. The number of halogens is 1. The van der Waals surface area contributed by atoms with Gasteiger partial charge in [0.25, 0.3) is 5.91 Å². The van der Waals surface area contributed by atoms with Crippen LogP contribution in [0.25, 0.3) is 11.3 Å². The number of aromatic nitrogens is 2. The smallest absolute Gasteiger partial charge is 0.307 e. The van der Waals surface area contributed by atoms with Crippen LogP contribution in [0.5, 0.6) is 0 Å². The van der Waals surface area contributed by atoms with Gasteiger partial charge in [0.1, 0.15) is 5.69 Å². The predicted molar refractivity (Wildman–Crippen MR) is 134 cm³/mol. The summed E-state index contributed by atoms with van der Waals surface area (Å²) in [6.07, 6.45) is 4.83. The molecule has 1 heterocycles. The van der Waals surface area contributed by atoms with Gasteiger partial charge in [0.05, 0.1) is 36.5 Å². The van der Waals surface area contributed by atoms with E-state index in [0.29, 0.717) is 35.1 Å². The average molecular weight is 497 g/mol. The van der Waals surface area contributed by atoms with Crippen molar-refractivity contribution in [1.29, 1.82) is 0 Å². The van der Waals surface area contributed by atoms with E-state index in [0.717, 1.165) is 16.7 Å². The minimum absolute atomic E-state index is 0.0206. The summed E-state index contributed by atoms with van der Waals surface area (Å²) in [6.45, 7) is 5.85. The highest BCUT2D eigenvalue weighted by molar-refractivity contribution is 6.30. The van der Waals surface area contributed by atoms with Gasteiger partial charge in [-0.3, -0.25) is 19.4 Å². The van der Waals surface area contributed by atoms with Gasteiger partial charge >= 0.3 is 5.97 Å². The van der Waals surface area contributed by atoms with Crippen molar-refractivity contribution in [2.45, 2.75) is 46.0 Å². The van der Waals surface area contributed by atoms with Gasteiger partial charge in [0.2, 0.25) is 5.91 Å². The standard InChI is InChI=1S/C26H29ClN4O4/c1-4-35-23(33)11-12-29-22(32)14-17-5-10-20(21(27)13-17)18-6-8-19(9-7-18)24-15(2)30-16(3)25(31-24)26(28)34/h5-9,13,20H,4,10-12,14H2,1-3H3,(H2,28,34)(H,29,32). The Morgan fingerprint density at radius 2 is 1.86 bits per heavy atom. The van der Waals surface area contributed by atoms with Crippen LogP contribution in [0.15, 0.2) is 47.0 Å². The molecule has 35 heavy (non-hydrogen) atoms. The topological polar surface area (TPSA) is 124 Å². The Bertz CT molecular complexity index is 1190. The molecule has 0 spiro atoms. The highest BCUT2D eigenvalue weighted by atomic mass is 35.5. The molecule has 3 rings (SSSR count). The Morgan fingerprint density at radius 1 is 1.14 bits per heavy atom. The van der Waals surface area contributed by atoms with Crippen LogP contribution in [0, 0.1) is 13.8 Å². The maximum atomic E-state index is 12.2. The molecule has 8 nitrogen and oxygen atoms in total. The second-order valence-corrected chi connectivity index (χ2v) is 8.69. The second-order valence-electron chi connectivity index (χ2n) is 8.26. The number of nitrogens with two attached hydrogens (primary N) is 1. The first-order valence-corrected chi connectivity index (χ1v) is 11.8. The van der Waals surface area contributed by atoms with Gasteiger partial charge in [0.15, 0.2) is 0 Å². The number of esters is 1. The number of ether oxygens (including phenoxy) is 1. The molecule has 0 fully saturated rings. The summed E-state index contributed by atoms with van der Waals surface area (Å²) in [5, 5.41) is 3.37. The molecule has 1 unspecified atom stereocenters. The van der Waals surface area contributed by atoms with E-state index >= 15 is 0 Å². The van der Waals surface area contributed by atoms with Crippen molar-refractivity contribution in [2.24, 2.45) is 5.73 Å². The SMILES string of the molecule is CCOC(=O)CCNC(=O)CC1=CCC(c2ccc(-c3nc(C(N)=O)c(C)nc3C)cc2)C(Cl)=C1. The van der Waals surface area contributed by atoms with Crippen molar-refractivity contribution in [2.75, 3.05) is 13.2 Å². The molecule has 0 radical (unpaired) electrons. The van der Waals surface area contributed by atoms with Gasteiger partial charge in [0, 0.05) is 23.1 Å². The molecule has 3 N–H and O–H groups in total. The minimum Gasteiger partial charge on any atom is -0.466 e. The van der Waals surface area contributed by atoms with E-state index < -0.39 is 5.91 Å². The van der Waals surface area contributed by atoms with Crippen LogP contribution in [0.4, 0.5) is 0 Å². The molecule has 1 aliphatic carbocycles. The number of amides is 2. The summed E-state index contributed by atoms with van der Waals surface area (Å²) in [5.74, 6) is -1.14. The van der Waals surface area contributed by atoms with Crippen LogP contribution in [0.2, 0.25) is 0 Å². The zero-order chi connectivity index (χ0) is 25.5. The molecule has 0 saturated heterocycles. The second kappa shape index (κ2) is 11.8. The fourth-order valence-electron chi connectivity index (χ4n) is 3.93. The van der Waals surface area contributed by atoms with Crippen LogP contribution in [0.3, 0.4) is 0 Å². The summed E-state index contributed by atoms with van der Waals surface area (Å²) >= 11 is 6.58. The fraction of sp³-hybridized carbons (Fsp3) is 0.346. The largest absolute Gasteiger partial charge is 0.466 e. The third-order valence-electron chi connectivity index (χ3n) is 5.66. The number of allylic oxidation sites excluding steroid dienone is 3. The number of rotatable bonds is 9. The summed E-state index contributed by atoms with van der Waals surface area (Å²) < 4.78 is 4.85. The lowest BCUT2D eigenvalue weighted by Crippen LogP contribution is -2.26. The molecule has 0 saturated carbocycles. The van der Waals surface area contributed by atoms with Crippen molar-refractivity contribution in [3.05, 3.63) is 69.7 Å². The quantitative estimate of drug-likeness (QED) is 0.508. The molecule has 1 atom stereocenters. The fourth-order valence-corrected chi connectivity index (χ4v) is 4.29. The number of benzene rings is 1. The minimum atomic E-state index is -0.609. The summed E-state index contributed by atoms with van der Waals surface area (Å²) in [5.41, 5.74) is 10.1. The zero-order valence-corrected chi connectivity index (χ0v) is 20.8. The van der Waals surface area contributed by atoms with Crippen LogP contribution in [-0.2, 0) is 14.3 Å². The van der Waals surface area contributed by atoms with E-state index in [9.17, 15) is 14.4 Å². The van der Waals surface area contributed by atoms with Gasteiger partial charge in [-0.25, -0.2) is 4.98 Å². The van der Waals surface area contributed by atoms with Gasteiger partial charge in [-0.2, -0.15) is 0 Å². The molecule has 9 heteroatoms. The number of primary amides is 1. The van der Waals surface area contributed by atoms with Crippen LogP contribution in [0.1, 0.15) is 59.5 Å². The molecule has 184 valence electrons. The van der Waals surface area contributed by atoms with E-state index in [1.165, 1.54) is 0 Å². The number of aryl methyl sites for hydroxylation is 2. The molecule has 1 aliphatic rings. The number of nitrogens with zero attached hydrogens (tertiary/aromatic N) is 2. The van der Waals surface area contributed by atoms with Gasteiger partial charge in [-0.05, 0) is 44.4 Å². The summed E-state index contributed by atoms with van der Waals surface area (Å²) in [4.78, 5) is 44.0. The average Bonchev–Trinajstić information content (AvgIpc) is 2.79. The molecule has 0 aliphatic heterocycles. The third kappa shape index (κ3) is 6.76. The number of hydrogen-bond donors (Lipinski definition) is 2. The van der Waals surface area contributed by atoms with E-state index in [1.807, 2.05) is 43.3 Å². The number of nitrogens with one attached hydrogen (secondary N) is 1. The number of hydrogen-bond acceptors (Lipinski definition) is 6. The van der Waals surface area contributed by atoms with Crippen LogP contribution >= 0.6 is 11.6 Å². The van der Waals surface area contributed by atoms with Crippen molar-refractivity contribution >= 4 is 29.4 Å². The molecular weight excluding hydrogens is 468 g/mol. The Balaban J connectivity index is 1.63. The monoisotopic (exact) mass is 496 g/mol. The summed E-state index contributed by atoms with van der Waals surface area (Å²) in [7, 11) is 0. The first-order chi connectivity index (χ1) is 16.7. The Hall–Kier alpha value is -3.52. The Morgan fingerprint density at radius 3 is 2.49 bits per heavy atom. The van der Waals surface area contributed by atoms with E-state index in [2.05, 4.69) is 15.3 Å². The van der Waals surface area contributed by atoms with Gasteiger partial charge in [-0.15, -0.1) is 0 Å². The molecule has 1 aromatic carbocycles. The van der Waals surface area contributed by atoms with Crippen molar-refractivity contribution in [1.82, 2.24) is 15.3 Å². The maximum absolute atomic E-state index is 12.2. The lowest BCUT2D eigenvalue weighted by atomic mass is 9.88. The number of carbonyl (C=O) groups excluding carboxylic acids is 3. The third-order valence-corrected chi connectivity index (χ3v) is 6.03. The zero-order valence-electron chi connectivity index (χ0n) is 20.1. The van der Waals surface area contributed by atoms with Gasteiger partial charge < -0.3 is 15.8 Å². The number of carbonyl (C=O) groups is 3. The Labute approximate surface area is 209 Å². The van der Waals surface area contributed by atoms with E-state index in [1.54, 1.807) is 13.8 Å². The molecule has 2 amide bonds. The maximum Gasteiger partial charge on any atom is 0.307 e. The van der Waals surface area contributed by atoms with Crippen molar-refractivity contribution < 1.29 is 19.1 Å². The van der Waals surface area contributed by atoms with E-state index in [-0.39, 0.29) is 42.9 Å². The lowest BCUT2D eigenvalue weighted by molar-refractivity contribution is -0.143. The van der Waals surface area contributed by atoms with Crippen LogP contribution in [-0.4, -0.2) is 40.9 Å². The van der Waals surface area contributed by atoms with Crippen molar-refractivity contribution in [3.63, 3.8) is 0 Å². The first-order valence-electron chi connectivity index (χ1n) is 11.4.